The number of carbonyl (C=O) groups is 1. The van der Waals surface area contributed by atoms with Crippen molar-refractivity contribution >= 4 is 21.8 Å². The van der Waals surface area contributed by atoms with Gasteiger partial charge in [-0.1, -0.05) is 28.8 Å². The van der Waals surface area contributed by atoms with Crippen molar-refractivity contribution in [2.75, 3.05) is 13.2 Å². The van der Waals surface area contributed by atoms with Crippen molar-refractivity contribution in [2.24, 2.45) is 5.41 Å². The van der Waals surface area contributed by atoms with E-state index in [-0.39, 0.29) is 17.9 Å². The number of halogens is 1. The summed E-state index contributed by atoms with van der Waals surface area (Å²) < 4.78 is 6.59. The Morgan fingerprint density at radius 1 is 1.38 bits per heavy atom. The van der Waals surface area contributed by atoms with Crippen LogP contribution >= 0.6 is 15.9 Å². The third-order valence-electron chi connectivity index (χ3n) is 4.13. The van der Waals surface area contributed by atoms with Gasteiger partial charge in [-0.25, -0.2) is 0 Å². The van der Waals surface area contributed by atoms with Gasteiger partial charge in [0.05, 0.1) is 6.61 Å². The molecule has 1 aliphatic rings. The summed E-state index contributed by atoms with van der Waals surface area (Å²) in [7, 11) is 0. The number of rotatable bonds is 6. The van der Waals surface area contributed by atoms with Crippen LogP contribution in [0, 0.1) is 5.41 Å². The van der Waals surface area contributed by atoms with E-state index >= 15 is 0 Å². The Bertz CT molecular complexity index is 469. The van der Waals surface area contributed by atoms with Gasteiger partial charge in [0.1, 0.15) is 5.75 Å². The number of hydrogen-bond acceptors (Lipinski definition) is 3. The lowest BCUT2D eigenvalue weighted by Crippen LogP contribution is -2.43. The maximum atomic E-state index is 12.1. The highest BCUT2D eigenvalue weighted by molar-refractivity contribution is 9.10. The van der Waals surface area contributed by atoms with Gasteiger partial charge in [-0.05, 0) is 44.0 Å². The fourth-order valence-electron chi connectivity index (χ4n) is 2.70. The number of carbonyl (C=O) groups excluding carboxylic acids is 1. The summed E-state index contributed by atoms with van der Waals surface area (Å²) in [6.07, 6.45) is 3.66. The summed E-state index contributed by atoms with van der Waals surface area (Å²) in [6, 6.07) is 7.39. The molecule has 1 saturated carbocycles. The lowest BCUT2D eigenvalue weighted by molar-refractivity contribution is -0.127. The van der Waals surface area contributed by atoms with Crippen molar-refractivity contribution < 1.29 is 14.6 Å². The molecule has 1 aliphatic carbocycles. The van der Waals surface area contributed by atoms with Crippen LogP contribution in [0.4, 0.5) is 0 Å². The molecule has 0 heterocycles. The minimum Gasteiger partial charge on any atom is -0.481 e. The molecule has 0 aromatic heterocycles. The first kappa shape index (κ1) is 16.3. The van der Waals surface area contributed by atoms with E-state index < -0.39 is 6.10 Å². The van der Waals surface area contributed by atoms with E-state index in [1.807, 2.05) is 24.3 Å². The molecule has 0 saturated heterocycles. The third-order valence-corrected chi connectivity index (χ3v) is 4.66. The summed E-state index contributed by atoms with van der Waals surface area (Å²) in [5, 5.41) is 12.5. The molecule has 4 nitrogen and oxygen atoms in total. The molecule has 2 rings (SSSR count). The molecule has 1 aromatic rings. The first-order valence-electron chi connectivity index (χ1n) is 7.35. The maximum Gasteiger partial charge on any atom is 0.260 e. The molecule has 5 heteroatoms. The fourth-order valence-corrected chi connectivity index (χ4v) is 2.97. The molecule has 0 aliphatic heterocycles. The molecular weight excluding hydrogens is 334 g/mol. The minimum atomic E-state index is -0.552. The SMILES string of the molecule is CC(Oc1ccc(Br)cc1)C(=O)NCC1(CO)CCCC1. The highest BCUT2D eigenvalue weighted by atomic mass is 79.9. The van der Waals surface area contributed by atoms with Gasteiger partial charge in [0.25, 0.3) is 5.91 Å². The fraction of sp³-hybridized carbons (Fsp3) is 0.562. The molecular formula is C16H22BrNO3. The predicted molar refractivity (Wildman–Crippen MR) is 85.2 cm³/mol. The van der Waals surface area contributed by atoms with E-state index in [2.05, 4.69) is 21.2 Å². The Morgan fingerprint density at radius 3 is 2.57 bits per heavy atom. The summed E-state index contributed by atoms with van der Waals surface area (Å²) in [5.74, 6) is 0.524. The predicted octanol–water partition coefficient (Wildman–Crippen LogP) is 2.89. The quantitative estimate of drug-likeness (QED) is 0.824. The zero-order valence-electron chi connectivity index (χ0n) is 12.3. The first-order valence-corrected chi connectivity index (χ1v) is 8.15. The molecule has 21 heavy (non-hydrogen) atoms. The smallest absolute Gasteiger partial charge is 0.260 e. The van der Waals surface area contributed by atoms with Gasteiger partial charge in [-0.15, -0.1) is 0 Å². The highest BCUT2D eigenvalue weighted by Crippen LogP contribution is 2.36. The van der Waals surface area contributed by atoms with Crippen LogP contribution in [0.2, 0.25) is 0 Å². The van der Waals surface area contributed by atoms with Gasteiger partial charge < -0.3 is 15.2 Å². The van der Waals surface area contributed by atoms with E-state index in [1.54, 1.807) is 6.92 Å². The Labute approximate surface area is 134 Å². The van der Waals surface area contributed by atoms with E-state index in [1.165, 1.54) is 0 Å². The van der Waals surface area contributed by atoms with E-state index in [9.17, 15) is 9.90 Å². The Morgan fingerprint density at radius 2 is 2.00 bits per heavy atom. The van der Waals surface area contributed by atoms with Crippen LogP contribution in [-0.4, -0.2) is 30.3 Å². The molecule has 2 N–H and O–H groups in total. The first-order chi connectivity index (χ1) is 10.0. The number of nitrogens with one attached hydrogen (secondary N) is 1. The third kappa shape index (κ3) is 4.45. The van der Waals surface area contributed by atoms with Gasteiger partial charge in [0.15, 0.2) is 6.10 Å². The molecule has 1 unspecified atom stereocenters. The number of aliphatic hydroxyl groups is 1. The normalized spacial score (nSPS) is 18.2. The van der Waals surface area contributed by atoms with Gasteiger partial charge >= 0.3 is 0 Å². The molecule has 1 amide bonds. The number of ether oxygens (including phenoxy) is 1. The van der Waals surface area contributed by atoms with Crippen molar-refractivity contribution in [3.05, 3.63) is 28.7 Å². The average Bonchev–Trinajstić information content (AvgIpc) is 2.96. The van der Waals surface area contributed by atoms with Crippen molar-refractivity contribution in [1.29, 1.82) is 0 Å². The second-order valence-electron chi connectivity index (χ2n) is 5.80. The summed E-state index contributed by atoms with van der Waals surface area (Å²) in [4.78, 5) is 12.1. The number of benzene rings is 1. The molecule has 0 radical (unpaired) electrons. The highest BCUT2D eigenvalue weighted by Gasteiger charge is 2.33. The lowest BCUT2D eigenvalue weighted by Gasteiger charge is -2.27. The topological polar surface area (TPSA) is 58.6 Å². The van der Waals surface area contributed by atoms with Gasteiger partial charge in [-0.2, -0.15) is 0 Å². The Kier molecular flexibility index (Phi) is 5.65. The van der Waals surface area contributed by atoms with Gasteiger partial charge in [0.2, 0.25) is 0 Å². The standard InChI is InChI=1S/C16H22BrNO3/c1-12(21-14-6-4-13(17)5-7-14)15(20)18-10-16(11-19)8-2-3-9-16/h4-7,12,19H,2-3,8-11H2,1H3,(H,18,20). The van der Waals surface area contributed by atoms with Crippen molar-refractivity contribution in [3.8, 4) is 5.75 Å². The molecule has 116 valence electrons. The molecule has 0 bridgehead atoms. The van der Waals surface area contributed by atoms with Crippen molar-refractivity contribution in [3.63, 3.8) is 0 Å². The van der Waals surface area contributed by atoms with Gasteiger partial charge in [0, 0.05) is 16.4 Å². The summed E-state index contributed by atoms with van der Waals surface area (Å²) in [5.41, 5.74) is -0.132. The molecule has 0 spiro atoms. The summed E-state index contributed by atoms with van der Waals surface area (Å²) in [6.45, 7) is 2.39. The van der Waals surface area contributed by atoms with Crippen LogP contribution in [0.15, 0.2) is 28.7 Å². The van der Waals surface area contributed by atoms with Gasteiger partial charge in [-0.3, -0.25) is 4.79 Å². The maximum absolute atomic E-state index is 12.1. The van der Waals surface area contributed by atoms with Crippen LogP contribution in [0.5, 0.6) is 5.75 Å². The molecule has 1 aromatic carbocycles. The van der Waals surface area contributed by atoms with Crippen LogP contribution in [-0.2, 0) is 4.79 Å². The zero-order valence-corrected chi connectivity index (χ0v) is 13.9. The van der Waals surface area contributed by atoms with E-state index in [0.29, 0.717) is 12.3 Å². The van der Waals surface area contributed by atoms with E-state index in [4.69, 9.17) is 4.74 Å². The molecule has 1 atom stereocenters. The summed E-state index contributed by atoms with van der Waals surface area (Å²) >= 11 is 3.36. The van der Waals surface area contributed by atoms with Crippen molar-refractivity contribution in [1.82, 2.24) is 5.32 Å². The Hall–Kier alpha value is -1.07. The van der Waals surface area contributed by atoms with Crippen molar-refractivity contribution in [2.45, 2.75) is 38.7 Å². The lowest BCUT2D eigenvalue weighted by atomic mass is 9.87. The van der Waals surface area contributed by atoms with Crippen LogP contribution in [0.25, 0.3) is 0 Å². The monoisotopic (exact) mass is 355 g/mol. The number of aliphatic hydroxyl groups excluding tert-OH is 1. The largest absolute Gasteiger partial charge is 0.481 e. The van der Waals surface area contributed by atoms with Crippen LogP contribution in [0.3, 0.4) is 0 Å². The minimum absolute atomic E-state index is 0.132. The second-order valence-corrected chi connectivity index (χ2v) is 6.71. The molecule has 1 fully saturated rings. The van der Waals surface area contributed by atoms with E-state index in [0.717, 1.165) is 30.2 Å². The second kappa shape index (κ2) is 7.27. The van der Waals surface area contributed by atoms with Crippen LogP contribution < -0.4 is 10.1 Å². The number of hydrogen-bond donors (Lipinski definition) is 2. The van der Waals surface area contributed by atoms with Crippen LogP contribution in [0.1, 0.15) is 32.6 Å². The average molecular weight is 356 g/mol. The zero-order chi connectivity index (χ0) is 15.3. The Balaban J connectivity index is 1.83. The number of amides is 1.